The number of carbonyl (C=O) groups excluding carboxylic acids is 1. The summed E-state index contributed by atoms with van der Waals surface area (Å²) in [4.78, 5) is 14.7. The normalized spacial score (nSPS) is 17.8. The number of sulfonamides is 1. The van der Waals surface area contributed by atoms with E-state index in [9.17, 15) is 13.2 Å². The minimum Gasteiger partial charge on any atom is -0.383 e. The summed E-state index contributed by atoms with van der Waals surface area (Å²) in [5.74, 6) is -0.403. The first kappa shape index (κ1) is 23.0. The average molecular weight is 447 g/mol. The molecule has 1 aromatic carbocycles. The van der Waals surface area contributed by atoms with Crippen molar-refractivity contribution in [1.82, 2.24) is 14.4 Å². The van der Waals surface area contributed by atoms with E-state index in [1.54, 1.807) is 24.1 Å². The van der Waals surface area contributed by atoms with Gasteiger partial charge in [0.15, 0.2) is 10.7 Å². The van der Waals surface area contributed by atoms with Crippen molar-refractivity contribution in [3.05, 3.63) is 47.0 Å². The fraction of sp³-hybridized carbons (Fsp3) is 0.455. The van der Waals surface area contributed by atoms with Crippen molar-refractivity contribution in [2.45, 2.75) is 38.5 Å². The molecule has 0 aliphatic carbocycles. The summed E-state index contributed by atoms with van der Waals surface area (Å²) < 4.78 is 33.4. The minimum atomic E-state index is -3.85. The van der Waals surface area contributed by atoms with E-state index in [4.69, 9.17) is 4.52 Å². The second-order valence-electron chi connectivity index (χ2n) is 8.25. The molecule has 168 valence electrons. The maximum Gasteiger partial charge on any atom is 0.248 e. The molecule has 1 aliphatic heterocycles. The Balaban J connectivity index is 1.80. The number of hydrogen-bond acceptors (Lipinski definition) is 6. The molecule has 1 saturated heterocycles. The van der Waals surface area contributed by atoms with Gasteiger partial charge in [0.2, 0.25) is 15.9 Å². The number of amides is 1. The van der Waals surface area contributed by atoms with Gasteiger partial charge in [-0.25, -0.2) is 8.42 Å². The van der Waals surface area contributed by atoms with E-state index in [0.717, 1.165) is 16.8 Å². The Morgan fingerprint density at radius 3 is 2.71 bits per heavy atom. The predicted molar refractivity (Wildman–Crippen MR) is 120 cm³/mol. The molecule has 0 spiro atoms. The third-order valence-corrected chi connectivity index (χ3v) is 7.37. The Morgan fingerprint density at radius 2 is 2.03 bits per heavy atom. The summed E-state index contributed by atoms with van der Waals surface area (Å²) in [7, 11) is -0.192. The van der Waals surface area contributed by atoms with Crippen LogP contribution in [0.4, 0.5) is 5.69 Å². The number of nitrogens with zero attached hydrogens (tertiary/aromatic N) is 3. The molecule has 0 bridgehead atoms. The Kier molecular flexibility index (Phi) is 6.86. The van der Waals surface area contributed by atoms with Gasteiger partial charge in [0.1, 0.15) is 5.69 Å². The molecule has 1 aromatic heterocycles. The van der Waals surface area contributed by atoms with Gasteiger partial charge in [0.25, 0.3) is 0 Å². The third-order valence-electron chi connectivity index (χ3n) is 5.35. The van der Waals surface area contributed by atoms with Crippen molar-refractivity contribution in [1.29, 1.82) is 0 Å². The highest BCUT2D eigenvalue weighted by Crippen LogP contribution is 2.29. The highest BCUT2D eigenvalue weighted by Gasteiger charge is 2.37. The van der Waals surface area contributed by atoms with E-state index in [1.807, 2.05) is 46.1 Å². The van der Waals surface area contributed by atoms with Crippen LogP contribution in [0.5, 0.6) is 0 Å². The number of rotatable bonds is 6. The van der Waals surface area contributed by atoms with E-state index < -0.39 is 15.9 Å². The fourth-order valence-electron chi connectivity index (χ4n) is 3.71. The van der Waals surface area contributed by atoms with E-state index in [2.05, 4.69) is 10.5 Å². The second kappa shape index (κ2) is 9.23. The molecule has 8 nitrogen and oxygen atoms in total. The van der Waals surface area contributed by atoms with Gasteiger partial charge in [-0.1, -0.05) is 22.9 Å². The van der Waals surface area contributed by atoms with Crippen LogP contribution in [-0.2, 0) is 14.8 Å². The molecule has 31 heavy (non-hydrogen) atoms. The summed E-state index contributed by atoms with van der Waals surface area (Å²) in [5.41, 5.74) is 3.15. The Hall–Kier alpha value is -2.65. The van der Waals surface area contributed by atoms with Crippen molar-refractivity contribution in [2.75, 3.05) is 32.5 Å². The number of nitrogens with one attached hydrogen (secondary N) is 1. The van der Waals surface area contributed by atoms with Crippen LogP contribution in [0.15, 0.2) is 33.8 Å². The lowest BCUT2D eigenvalue weighted by Gasteiger charge is -2.31. The summed E-state index contributed by atoms with van der Waals surface area (Å²) in [6, 6.07) is 5.83. The molecule has 2 aromatic rings. The molecule has 9 heteroatoms. The lowest BCUT2D eigenvalue weighted by molar-refractivity contribution is -0.120. The van der Waals surface area contributed by atoms with Gasteiger partial charge in [-0.2, -0.15) is 4.31 Å². The molecule has 3 rings (SSSR count). The SMILES string of the molecule is Cc1ccc(NC(=O)[C@H]2CCCN(S(=O)(=O)c3c(C)noc3/C=C/N(C)C)C2)c(C)c1. The average Bonchev–Trinajstić information content (AvgIpc) is 3.09. The first-order valence-electron chi connectivity index (χ1n) is 10.3. The van der Waals surface area contributed by atoms with Crippen LogP contribution in [0.1, 0.15) is 35.4 Å². The van der Waals surface area contributed by atoms with Gasteiger partial charge in [-0.05, 0) is 45.2 Å². The maximum absolute atomic E-state index is 13.4. The molecule has 1 amide bonds. The van der Waals surface area contributed by atoms with Crippen molar-refractivity contribution in [2.24, 2.45) is 5.92 Å². The molecular formula is C22H30N4O4S. The lowest BCUT2D eigenvalue weighted by atomic mass is 9.98. The quantitative estimate of drug-likeness (QED) is 0.732. The molecule has 1 N–H and O–H groups in total. The van der Waals surface area contributed by atoms with Crippen LogP contribution in [-0.4, -0.2) is 55.9 Å². The molecule has 0 radical (unpaired) electrons. The zero-order valence-electron chi connectivity index (χ0n) is 18.7. The maximum atomic E-state index is 13.4. The summed E-state index contributed by atoms with van der Waals surface area (Å²) in [5, 5.41) is 6.81. The Bertz CT molecular complexity index is 1090. The largest absolute Gasteiger partial charge is 0.383 e. The van der Waals surface area contributed by atoms with Gasteiger partial charge in [0.05, 0.1) is 5.92 Å². The predicted octanol–water partition coefficient (Wildman–Crippen LogP) is 3.17. The van der Waals surface area contributed by atoms with Crippen molar-refractivity contribution >= 4 is 27.7 Å². The molecular weight excluding hydrogens is 416 g/mol. The van der Waals surface area contributed by atoms with Crippen molar-refractivity contribution in [3.63, 3.8) is 0 Å². The smallest absolute Gasteiger partial charge is 0.248 e. The molecule has 0 unspecified atom stereocenters. The number of anilines is 1. The van der Waals surface area contributed by atoms with Crippen LogP contribution in [0.25, 0.3) is 6.08 Å². The zero-order valence-corrected chi connectivity index (χ0v) is 19.5. The highest BCUT2D eigenvalue weighted by molar-refractivity contribution is 7.89. The summed E-state index contributed by atoms with van der Waals surface area (Å²) in [6.45, 7) is 6.03. The number of aromatic nitrogens is 1. The van der Waals surface area contributed by atoms with Gasteiger partial charge in [-0.15, -0.1) is 0 Å². The lowest BCUT2D eigenvalue weighted by Crippen LogP contribution is -2.44. The van der Waals surface area contributed by atoms with E-state index in [-0.39, 0.29) is 23.1 Å². The highest BCUT2D eigenvalue weighted by atomic mass is 32.2. The van der Waals surface area contributed by atoms with Crippen LogP contribution in [0.2, 0.25) is 0 Å². The minimum absolute atomic E-state index is 0.0565. The molecule has 0 saturated carbocycles. The van der Waals surface area contributed by atoms with Crippen molar-refractivity contribution < 1.29 is 17.7 Å². The van der Waals surface area contributed by atoms with Crippen LogP contribution in [0.3, 0.4) is 0 Å². The fourth-order valence-corrected chi connectivity index (χ4v) is 5.48. The number of hydrogen-bond donors (Lipinski definition) is 1. The Morgan fingerprint density at radius 1 is 1.29 bits per heavy atom. The second-order valence-corrected chi connectivity index (χ2v) is 10.1. The molecule has 1 atom stereocenters. The van der Waals surface area contributed by atoms with Crippen LogP contribution < -0.4 is 5.32 Å². The number of benzene rings is 1. The summed E-state index contributed by atoms with van der Waals surface area (Å²) >= 11 is 0. The first-order chi connectivity index (χ1) is 14.6. The van der Waals surface area contributed by atoms with Gasteiger partial charge in [-0.3, -0.25) is 4.79 Å². The topological polar surface area (TPSA) is 95.8 Å². The molecule has 1 fully saturated rings. The summed E-state index contributed by atoms with van der Waals surface area (Å²) in [6.07, 6.45) is 4.53. The molecule has 2 heterocycles. The van der Waals surface area contributed by atoms with E-state index in [1.165, 1.54) is 4.31 Å². The van der Waals surface area contributed by atoms with E-state index >= 15 is 0 Å². The van der Waals surface area contributed by atoms with Gasteiger partial charge < -0.3 is 14.7 Å². The first-order valence-corrected chi connectivity index (χ1v) is 11.7. The Labute approximate surface area is 183 Å². The molecule has 1 aliphatic rings. The monoisotopic (exact) mass is 446 g/mol. The van der Waals surface area contributed by atoms with Crippen LogP contribution in [0, 0.1) is 26.7 Å². The van der Waals surface area contributed by atoms with Gasteiger partial charge >= 0.3 is 0 Å². The van der Waals surface area contributed by atoms with Crippen LogP contribution >= 0.6 is 0 Å². The standard InChI is InChI=1S/C22H30N4O4S/c1-15-8-9-19(16(2)13-15)23-22(27)18-7-6-11-26(14-18)31(28,29)21-17(3)24-30-20(21)10-12-25(4)5/h8-10,12-13,18H,6-7,11,14H2,1-5H3,(H,23,27)/b12-10+/t18-/m0/s1. The van der Waals surface area contributed by atoms with E-state index in [0.29, 0.717) is 25.1 Å². The number of aryl methyl sites for hydroxylation is 3. The zero-order chi connectivity index (χ0) is 22.8. The third kappa shape index (κ3) is 5.16. The van der Waals surface area contributed by atoms with Crippen molar-refractivity contribution in [3.8, 4) is 0 Å². The number of carbonyl (C=O) groups is 1. The van der Waals surface area contributed by atoms with Gasteiger partial charge in [0, 0.05) is 45.1 Å². The number of piperidine rings is 1.